The van der Waals surface area contributed by atoms with Gasteiger partial charge in [-0.1, -0.05) is 36.0 Å². The summed E-state index contributed by atoms with van der Waals surface area (Å²) in [5.74, 6) is 1.94. The summed E-state index contributed by atoms with van der Waals surface area (Å²) in [6, 6.07) is 16.3. The van der Waals surface area contributed by atoms with E-state index in [4.69, 9.17) is 4.74 Å². The Balaban J connectivity index is 1.41. The van der Waals surface area contributed by atoms with Crippen LogP contribution in [0.5, 0.6) is 5.75 Å². The monoisotopic (exact) mass is 422 g/mol. The lowest BCUT2D eigenvalue weighted by Gasteiger charge is -2.26. The molecule has 2 aromatic carbocycles. The van der Waals surface area contributed by atoms with Gasteiger partial charge in [-0.15, -0.1) is 10.2 Å². The van der Waals surface area contributed by atoms with Gasteiger partial charge in [0.1, 0.15) is 5.75 Å². The highest BCUT2D eigenvalue weighted by molar-refractivity contribution is 7.99. The molecule has 0 saturated carbocycles. The maximum Gasteiger partial charge on any atom is 0.230 e. The van der Waals surface area contributed by atoms with Crippen LogP contribution < -0.4 is 10.1 Å². The van der Waals surface area contributed by atoms with E-state index in [1.807, 2.05) is 34.9 Å². The van der Waals surface area contributed by atoms with Crippen LogP contribution in [0.3, 0.4) is 0 Å². The molecule has 1 atom stereocenters. The molecule has 0 aliphatic heterocycles. The Hall–Kier alpha value is -2.80. The highest BCUT2D eigenvalue weighted by atomic mass is 32.2. The van der Waals surface area contributed by atoms with Crippen molar-refractivity contribution < 1.29 is 9.53 Å². The highest BCUT2D eigenvalue weighted by Crippen LogP contribution is 2.30. The fraction of sp³-hybridized carbons (Fsp3) is 0.348. The minimum absolute atomic E-state index is 0.0263. The number of thioether (sulfide) groups is 1. The summed E-state index contributed by atoms with van der Waals surface area (Å²) in [5.41, 5.74) is 3.57. The molecule has 156 valence electrons. The predicted molar refractivity (Wildman–Crippen MR) is 119 cm³/mol. The van der Waals surface area contributed by atoms with Crippen LogP contribution in [0.4, 0.5) is 0 Å². The molecule has 0 fully saturated rings. The Labute approximate surface area is 181 Å². The lowest BCUT2D eigenvalue weighted by Crippen LogP contribution is -2.32. The van der Waals surface area contributed by atoms with Gasteiger partial charge in [0.25, 0.3) is 0 Å². The van der Waals surface area contributed by atoms with E-state index in [9.17, 15) is 4.79 Å². The van der Waals surface area contributed by atoms with E-state index in [0.29, 0.717) is 5.75 Å². The van der Waals surface area contributed by atoms with Crippen LogP contribution in [0, 0.1) is 0 Å². The van der Waals surface area contributed by atoms with E-state index in [0.717, 1.165) is 48.1 Å². The van der Waals surface area contributed by atoms with Gasteiger partial charge in [0.15, 0.2) is 11.0 Å². The smallest absolute Gasteiger partial charge is 0.230 e. The average Bonchev–Trinajstić information content (AvgIpc) is 3.21. The second-order valence-electron chi connectivity index (χ2n) is 7.28. The number of carbonyl (C=O) groups is 1. The Kier molecular flexibility index (Phi) is 6.38. The SMILES string of the molecule is CCn1c(SCC(=O)N[C@@H]2CCCc3ccccc32)nnc1-c1ccc(OC)cc1. The van der Waals surface area contributed by atoms with Gasteiger partial charge in [0, 0.05) is 12.1 Å². The quantitative estimate of drug-likeness (QED) is 0.576. The van der Waals surface area contributed by atoms with Crippen molar-refractivity contribution in [3.05, 3.63) is 59.7 Å². The number of carbonyl (C=O) groups excluding carboxylic acids is 1. The minimum atomic E-state index is 0.0263. The first-order valence-corrected chi connectivity index (χ1v) is 11.3. The molecule has 1 amide bonds. The van der Waals surface area contributed by atoms with Crippen molar-refractivity contribution in [3.8, 4) is 17.1 Å². The maximum atomic E-state index is 12.6. The third-order valence-corrected chi connectivity index (χ3v) is 6.39. The standard InChI is InChI=1S/C23H26N4O2S/c1-3-27-22(17-11-13-18(29-2)14-12-17)25-26-23(27)30-15-21(28)24-20-10-6-8-16-7-4-5-9-19(16)20/h4-5,7,9,11-14,20H,3,6,8,10,15H2,1-2H3,(H,24,28)/t20-/m1/s1. The second kappa shape index (κ2) is 9.34. The summed E-state index contributed by atoms with van der Waals surface area (Å²) < 4.78 is 7.26. The molecule has 1 N–H and O–H groups in total. The number of ether oxygens (including phenoxy) is 1. The van der Waals surface area contributed by atoms with Crippen LogP contribution in [0.15, 0.2) is 53.7 Å². The second-order valence-corrected chi connectivity index (χ2v) is 8.22. The molecule has 6 nitrogen and oxygen atoms in total. The molecular formula is C23H26N4O2S. The maximum absolute atomic E-state index is 12.6. The largest absolute Gasteiger partial charge is 0.497 e. The number of hydrogen-bond acceptors (Lipinski definition) is 5. The van der Waals surface area contributed by atoms with Crippen molar-refractivity contribution in [3.63, 3.8) is 0 Å². The van der Waals surface area contributed by atoms with Crippen LogP contribution in [0.2, 0.25) is 0 Å². The number of hydrogen-bond donors (Lipinski definition) is 1. The number of nitrogens with zero attached hydrogens (tertiary/aromatic N) is 3. The highest BCUT2D eigenvalue weighted by Gasteiger charge is 2.22. The molecule has 1 aromatic heterocycles. The van der Waals surface area contributed by atoms with Crippen LogP contribution in [-0.2, 0) is 17.8 Å². The normalized spacial score (nSPS) is 15.5. The van der Waals surface area contributed by atoms with Crippen molar-refractivity contribution in [1.29, 1.82) is 0 Å². The summed E-state index contributed by atoms with van der Waals surface area (Å²) in [6.07, 6.45) is 3.18. The lowest BCUT2D eigenvalue weighted by atomic mass is 9.88. The van der Waals surface area contributed by atoms with Crippen molar-refractivity contribution in [1.82, 2.24) is 20.1 Å². The van der Waals surface area contributed by atoms with E-state index in [1.165, 1.54) is 22.9 Å². The number of benzene rings is 2. The van der Waals surface area contributed by atoms with Crippen LogP contribution in [0.25, 0.3) is 11.4 Å². The molecule has 0 spiro atoms. The third kappa shape index (κ3) is 4.36. The molecule has 0 bridgehead atoms. The predicted octanol–water partition coefficient (Wildman–Crippen LogP) is 4.26. The summed E-state index contributed by atoms with van der Waals surface area (Å²) >= 11 is 1.43. The molecule has 1 heterocycles. The molecule has 4 rings (SSSR count). The Bertz CT molecular complexity index is 1020. The molecule has 0 radical (unpaired) electrons. The molecule has 0 unspecified atom stereocenters. The lowest BCUT2D eigenvalue weighted by molar-refractivity contribution is -0.119. The first-order chi connectivity index (χ1) is 14.7. The van der Waals surface area contributed by atoms with Gasteiger partial charge in [-0.25, -0.2) is 0 Å². The van der Waals surface area contributed by atoms with E-state index >= 15 is 0 Å². The Morgan fingerprint density at radius 2 is 2.00 bits per heavy atom. The first-order valence-electron chi connectivity index (χ1n) is 10.3. The summed E-state index contributed by atoms with van der Waals surface area (Å²) in [6.45, 7) is 2.79. The number of fused-ring (bicyclic) bond motifs is 1. The average molecular weight is 423 g/mol. The Morgan fingerprint density at radius 3 is 2.77 bits per heavy atom. The zero-order valence-electron chi connectivity index (χ0n) is 17.3. The van der Waals surface area contributed by atoms with Gasteiger partial charge in [0.05, 0.1) is 18.9 Å². The number of aromatic nitrogens is 3. The van der Waals surface area contributed by atoms with Crippen molar-refractivity contribution in [2.24, 2.45) is 0 Å². The number of nitrogens with one attached hydrogen (secondary N) is 1. The van der Waals surface area contributed by atoms with Gasteiger partial charge in [-0.2, -0.15) is 0 Å². The van der Waals surface area contributed by atoms with Crippen molar-refractivity contribution in [2.75, 3.05) is 12.9 Å². The molecule has 7 heteroatoms. The Morgan fingerprint density at radius 1 is 1.20 bits per heavy atom. The molecule has 30 heavy (non-hydrogen) atoms. The molecule has 1 aliphatic carbocycles. The van der Waals surface area contributed by atoms with Gasteiger partial charge in [-0.05, 0) is 61.6 Å². The molecule has 0 saturated heterocycles. The van der Waals surface area contributed by atoms with Crippen LogP contribution in [0.1, 0.15) is 36.9 Å². The van der Waals surface area contributed by atoms with Gasteiger partial charge in [0.2, 0.25) is 5.91 Å². The third-order valence-electron chi connectivity index (χ3n) is 5.42. The van der Waals surface area contributed by atoms with Gasteiger partial charge >= 0.3 is 0 Å². The molecular weight excluding hydrogens is 396 g/mol. The van der Waals surface area contributed by atoms with E-state index in [2.05, 4.69) is 40.6 Å². The number of aryl methyl sites for hydroxylation is 1. The molecule has 3 aromatic rings. The van der Waals surface area contributed by atoms with E-state index in [-0.39, 0.29) is 11.9 Å². The first kappa shape index (κ1) is 20.5. The minimum Gasteiger partial charge on any atom is -0.497 e. The fourth-order valence-corrected chi connectivity index (χ4v) is 4.72. The molecule has 1 aliphatic rings. The summed E-state index contributed by atoms with van der Waals surface area (Å²) in [4.78, 5) is 12.6. The van der Waals surface area contributed by atoms with Gasteiger partial charge < -0.3 is 14.6 Å². The number of amides is 1. The zero-order chi connectivity index (χ0) is 20.9. The van der Waals surface area contributed by atoms with E-state index in [1.54, 1.807) is 7.11 Å². The topological polar surface area (TPSA) is 69.0 Å². The summed E-state index contributed by atoms with van der Waals surface area (Å²) in [7, 11) is 1.65. The fourth-order valence-electron chi connectivity index (χ4n) is 3.90. The van der Waals surface area contributed by atoms with E-state index < -0.39 is 0 Å². The van der Waals surface area contributed by atoms with Crippen molar-refractivity contribution in [2.45, 2.75) is 43.9 Å². The van der Waals surface area contributed by atoms with Crippen LogP contribution in [-0.4, -0.2) is 33.5 Å². The number of methoxy groups -OCH3 is 1. The number of rotatable bonds is 7. The van der Waals surface area contributed by atoms with Gasteiger partial charge in [-0.3, -0.25) is 4.79 Å². The van der Waals surface area contributed by atoms with Crippen molar-refractivity contribution >= 4 is 17.7 Å². The van der Waals surface area contributed by atoms with Crippen LogP contribution >= 0.6 is 11.8 Å². The zero-order valence-corrected chi connectivity index (χ0v) is 18.1. The summed E-state index contributed by atoms with van der Waals surface area (Å²) in [5, 5.41) is 12.6.